The summed E-state index contributed by atoms with van der Waals surface area (Å²) < 4.78 is 0. The van der Waals surface area contributed by atoms with Gasteiger partial charge in [0.1, 0.15) is 0 Å². The molecule has 0 fully saturated rings. The van der Waals surface area contributed by atoms with Crippen LogP contribution in [0.4, 0.5) is 4.79 Å². The van der Waals surface area contributed by atoms with E-state index in [1.165, 1.54) is 12.8 Å². The van der Waals surface area contributed by atoms with Gasteiger partial charge >= 0.3 is 6.03 Å². The Kier molecular flexibility index (Phi) is 6.53. The van der Waals surface area contributed by atoms with Crippen LogP contribution in [0.25, 0.3) is 0 Å². The van der Waals surface area contributed by atoms with E-state index < -0.39 is 0 Å². The molecule has 72 valence electrons. The van der Waals surface area contributed by atoms with Crippen molar-refractivity contribution in [1.82, 2.24) is 10.6 Å². The second-order valence-electron chi connectivity index (χ2n) is 3.02. The summed E-state index contributed by atoms with van der Waals surface area (Å²) >= 11 is 0. The summed E-state index contributed by atoms with van der Waals surface area (Å²) in [7, 11) is 1.64. The van der Waals surface area contributed by atoms with Gasteiger partial charge in [0.2, 0.25) is 0 Å². The lowest BCUT2D eigenvalue weighted by Crippen LogP contribution is -2.35. The average molecular weight is 172 g/mol. The summed E-state index contributed by atoms with van der Waals surface area (Å²) in [6.45, 7) is 5.12. The monoisotopic (exact) mass is 172 g/mol. The molecular formula is C9H20N2O. The Morgan fingerprint density at radius 2 is 2.08 bits per heavy atom. The number of urea groups is 1. The highest BCUT2D eigenvalue weighted by molar-refractivity contribution is 5.73. The molecule has 1 atom stereocenters. The summed E-state index contributed by atoms with van der Waals surface area (Å²) in [5.74, 6) is 0.632. The first-order valence-electron chi connectivity index (χ1n) is 4.70. The van der Waals surface area contributed by atoms with Crippen molar-refractivity contribution in [2.45, 2.75) is 33.1 Å². The lowest BCUT2D eigenvalue weighted by Gasteiger charge is -2.13. The molecule has 0 aliphatic carbocycles. The van der Waals surface area contributed by atoms with Crippen LogP contribution in [0, 0.1) is 5.92 Å². The Hall–Kier alpha value is -0.730. The maximum absolute atomic E-state index is 10.8. The van der Waals surface area contributed by atoms with Crippen LogP contribution >= 0.6 is 0 Å². The highest BCUT2D eigenvalue weighted by atomic mass is 16.2. The van der Waals surface area contributed by atoms with E-state index in [1.807, 2.05) is 0 Å². The molecule has 0 bridgehead atoms. The highest BCUT2D eigenvalue weighted by Gasteiger charge is 2.05. The highest BCUT2D eigenvalue weighted by Crippen LogP contribution is 2.08. The van der Waals surface area contributed by atoms with Crippen molar-refractivity contribution in [3.05, 3.63) is 0 Å². The second kappa shape index (κ2) is 6.95. The van der Waals surface area contributed by atoms with Gasteiger partial charge in [-0.1, -0.05) is 26.7 Å². The van der Waals surface area contributed by atoms with Crippen molar-refractivity contribution in [2.75, 3.05) is 13.6 Å². The number of carbonyl (C=O) groups excluding carboxylic acids is 1. The fraction of sp³-hybridized carbons (Fsp3) is 0.889. The fourth-order valence-electron chi connectivity index (χ4n) is 1.18. The van der Waals surface area contributed by atoms with Crippen molar-refractivity contribution in [3.8, 4) is 0 Å². The number of carbonyl (C=O) groups is 1. The number of nitrogens with one attached hydrogen (secondary N) is 2. The maximum atomic E-state index is 10.8. The normalized spacial score (nSPS) is 12.2. The molecule has 0 aromatic carbocycles. The molecule has 2 amide bonds. The Labute approximate surface area is 74.9 Å². The molecule has 0 spiro atoms. The van der Waals surface area contributed by atoms with E-state index in [2.05, 4.69) is 24.5 Å². The van der Waals surface area contributed by atoms with Gasteiger partial charge in [0.25, 0.3) is 0 Å². The zero-order valence-electron chi connectivity index (χ0n) is 8.31. The van der Waals surface area contributed by atoms with Gasteiger partial charge in [0, 0.05) is 13.6 Å². The fourth-order valence-corrected chi connectivity index (χ4v) is 1.18. The van der Waals surface area contributed by atoms with Gasteiger partial charge in [-0.05, 0) is 12.3 Å². The first-order chi connectivity index (χ1) is 5.74. The molecule has 0 aromatic heterocycles. The Balaban J connectivity index is 3.50. The van der Waals surface area contributed by atoms with Crippen LogP contribution in [-0.4, -0.2) is 19.6 Å². The van der Waals surface area contributed by atoms with Crippen molar-refractivity contribution in [1.29, 1.82) is 0 Å². The van der Waals surface area contributed by atoms with E-state index >= 15 is 0 Å². The molecule has 12 heavy (non-hydrogen) atoms. The summed E-state index contributed by atoms with van der Waals surface area (Å²) in [5, 5.41) is 5.35. The molecule has 2 N–H and O–H groups in total. The SMILES string of the molecule is CCCC(CC)CNC(=O)NC. The zero-order valence-corrected chi connectivity index (χ0v) is 8.31. The smallest absolute Gasteiger partial charge is 0.314 e. The van der Waals surface area contributed by atoms with Crippen molar-refractivity contribution in [2.24, 2.45) is 5.92 Å². The first-order valence-corrected chi connectivity index (χ1v) is 4.70. The summed E-state index contributed by atoms with van der Waals surface area (Å²) in [5.41, 5.74) is 0. The van der Waals surface area contributed by atoms with Crippen LogP contribution in [0.1, 0.15) is 33.1 Å². The van der Waals surface area contributed by atoms with E-state index in [0.717, 1.165) is 13.0 Å². The largest absolute Gasteiger partial charge is 0.341 e. The molecule has 0 aliphatic rings. The Bertz CT molecular complexity index is 126. The molecule has 0 aromatic rings. The van der Waals surface area contributed by atoms with Gasteiger partial charge in [-0.3, -0.25) is 0 Å². The molecule has 3 heteroatoms. The maximum Gasteiger partial charge on any atom is 0.314 e. The molecule has 0 saturated heterocycles. The standard InChI is InChI=1S/C9H20N2O/c1-4-6-8(5-2)7-11-9(12)10-3/h8H,4-7H2,1-3H3,(H2,10,11,12). The van der Waals surface area contributed by atoms with Crippen LogP contribution < -0.4 is 10.6 Å². The second-order valence-corrected chi connectivity index (χ2v) is 3.02. The predicted molar refractivity (Wildman–Crippen MR) is 51.1 cm³/mol. The number of hydrogen-bond acceptors (Lipinski definition) is 1. The molecule has 1 unspecified atom stereocenters. The first kappa shape index (κ1) is 11.3. The van der Waals surface area contributed by atoms with Gasteiger partial charge in [-0.15, -0.1) is 0 Å². The minimum atomic E-state index is -0.0791. The third-order valence-electron chi connectivity index (χ3n) is 2.05. The van der Waals surface area contributed by atoms with E-state index in [0.29, 0.717) is 5.92 Å². The molecule has 0 heterocycles. The summed E-state index contributed by atoms with van der Waals surface area (Å²) in [4.78, 5) is 10.8. The molecule has 0 rings (SSSR count). The number of rotatable bonds is 5. The number of amides is 2. The van der Waals surface area contributed by atoms with Crippen LogP contribution in [-0.2, 0) is 0 Å². The quantitative estimate of drug-likeness (QED) is 0.651. The van der Waals surface area contributed by atoms with Crippen LogP contribution in [0.15, 0.2) is 0 Å². The molecule has 0 radical (unpaired) electrons. The summed E-state index contributed by atoms with van der Waals surface area (Å²) in [6, 6.07) is -0.0791. The lowest BCUT2D eigenvalue weighted by atomic mass is 10.0. The Morgan fingerprint density at radius 3 is 2.50 bits per heavy atom. The Morgan fingerprint density at radius 1 is 1.42 bits per heavy atom. The zero-order chi connectivity index (χ0) is 9.40. The lowest BCUT2D eigenvalue weighted by molar-refractivity contribution is 0.240. The van der Waals surface area contributed by atoms with Crippen LogP contribution in [0.3, 0.4) is 0 Å². The van der Waals surface area contributed by atoms with E-state index in [-0.39, 0.29) is 6.03 Å². The van der Waals surface area contributed by atoms with Crippen molar-refractivity contribution >= 4 is 6.03 Å². The topological polar surface area (TPSA) is 41.1 Å². The minimum absolute atomic E-state index is 0.0791. The van der Waals surface area contributed by atoms with E-state index in [1.54, 1.807) is 7.05 Å². The third-order valence-corrected chi connectivity index (χ3v) is 2.05. The van der Waals surface area contributed by atoms with Gasteiger partial charge in [-0.25, -0.2) is 4.79 Å². The number of hydrogen-bond donors (Lipinski definition) is 2. The van der Waals surface area contributed by atoms with E-state index in [9.17, 15) is 4.79 Å². The molecular weight excluding hydrogens is 152 g/mol. The van der Waals surface area contributed by atoms with Crippen LogP contribution in [0.2, 0.25) is 0 Å². The van der Waals surface area contributed by atoms with Crippen molar-refractivity contribution in [3.63, 3.8) is 0 Å². The van der Waals surface area contributed by atoms with Crippen LogP contribution in [0.5, 0.6) is 0 Å². The molecule has 0 saturated carbocycles. The minimum Gasteiger partial charge on any atom is -0.341 e. The molecule has 0 aliphatic heterocycles. The van der Waals surface area contributed by atoms with Gasteiger partial charge in [0.15, 0.2) is 0 Å². The van der Waals surface area contributed by atoms with Gasteiger partial charge in [-0.2, -0.15) is 0 Å². The third kappa shape index (κ3) is 4.99. The molecule has 3 nitrogen and oxygen atoms in total. The predicted octanol–water partition coefficient (Wildman–Crippen LogP) is 1.74. The van der Waals surface area contributed by atoms with Crippen molar-refractivity contribution < 1.29 is 4.79 Å². The van der Waals surface area contributed by atoms with Gasteiger partial charge in [0.05, 0.1) is 0 Å². The summed E-state index contributed by atoms with van der Waals surface area (Å²) in [6.07, 6.45) is 3.52. The van der Waals surface area contributed by atoms with Gasteiger partial charge < -0.3 is 10.6 Å². The van der Waals surface area contributed by atoms with E-state index in [4.69, 9.17) is 0 Å². The average Bonchev–Trinajstić information content (AvgIpc) is 2.11.